The van der Waals surface area contributed by atoms with Gasteiger partial charge in [0.1, 0.15) is 5.82 Å². The Labute approximate surface area is 233 Å². The first kappa shape index (κ1) is 25.7. The SMILES string of the molecule is Cc1ccc(CN2CCN(c3ccc(-c4cc(-c5cnn(C)c5)cn5ncc(C(=O)N(C)C)c45)cn3)CC2)cn1. The van der Waals surface area contributed by atoms with Crippen LogP contribution in [-0.4, -0.2) is 85.3 Å². The van der Waals surface area contributed by atoms with Gasteiger partial charge in [0, 0.05) is 107 Å². The molecule has 1 aliphatic rings. The van der Waals surface area contributed by atoms with Crippen LogP contribution in [0.4, 0.5) is 5.82 Å². The molecule has 0 aromatic carbocycles. The minimum absolute atomic E-state index is 0.0887. The lowest BCUT2D eigenvalue weighted by Crippen LogP contribution is -2.46. The monoisotopic (exact) mass is 535 g/mol. The van der Waals surface area contributed by atoms with E-state index >= 15 is 0 Å². The molecule has 204 valence electrons. The summed E-state index contributed by atoms with van der Waals surface area (Å²) in [5.41, 5.74) is 7.38. The maximum atomic E-state index is 13.0. The van der Waals surface area contributed by atoms with Gasteiger partial charge in [0.2, 0.25) is 0 Å². The Hall–Kier alpha value is -4.57. The summed E-state index contributed by atoms with van der Waals surface area (Å²) in [6.45, 7) is 6.69. The molecule has 5 aromatic heterocycles. The lowest BCUT2D eigenvalue weighted by Gasteiger charge is -2.35. The summed E-state index contributed by atoms with van der Waals surface area (Å²) in [6, 6.07) is 10.5. The van der Waals surface area contributed by atoms with Crippen LogP contribution >= 0.6 is 0 Å². The average molecular weight is 536 g/mol. The van der Waals surface area contributed by atoms with Crippen LogP contribution in [0.15, 0.2) is 67.5 Å². The molecular formula is C30H33N9O. The van der Waals surface area contributed by atoms with Crippen molar-refractivity contribution in [3.63, 3.8) is 0 Å². The fourth-order valence-corrected chi connectivity index (χ4v) is 5.18. The van der Waals surface area contributed by atoms with E-state index in [-0.39, 0.29) is 5.91 Å². The van der Waals surface area contributed by atoms with Crippen molar-refractivity contribution in [2.45, 2.75) is 13.5 Å². The van der Waals surface area contributed by atoms with E-state index in [0.29, 0.717) is 5.56 Å². The van der Waals surface area contributed by atoms with E-state index in [0.717, 1.165) is 72.0 Å². The zero-order valence-corrected chi connectivity index (χ0v) is 23.3. The highest BCUT2D eigenvalue weighted by molar-refractivity contribution is 6.04. The number of amides is 1. The maximum Gasteiger partial charge on any atom is 0.257 e. The average Bonchev–Trinajstić information content (AvgIpc) is 3.60. The number of aromatic nitrogens is 6. The van der Waals surface area contributed by atoms with E-state index < -0.39 is 0 Å². The summed E-state index contributed by atoms with van der Waals surface area (Å²) >= 11 is 0. The van der Waals surface area contributed by atoms with E-state index in [1.54, 1.807) is 34.4 Å². The van der Waals surface area contributed by atoms with Crippen LogP contribution in [0.25, 0.3) is 27.8 Å². The number of piperazine rings is 1. The smallest absolute Gasteiger partial charge is 0.257 e. The number of hydrogen-bond donors (Lipinski definition) is 0. The molecule has 0 saturated carbocycles. The van der Waals surface area contributed by atoms with E-state index in [4.69, 9.17) is 4.98 Å². The minimum Gasteiger partial charge on any atom is -0.354 e. The molecule has 1 saturated heterocycles. The highest BCUT2D eigenvalue weighted by Crippen LogP contribution is 2.33. The standard InChI is InChI=1S/C30H33N9O/c1-21-5-6-22(14-31-21)18-37-9-11-38(12-10-37)28-8-7-23(15-32-28)26-13-24(25-16-33-36(4)19-25)20-39-29(26)27(17-34-39)30(40)35(2)3/h5-8,13-17,19-20H,9-12,18H2,1-4H3. The Morgan fingerprint density at radius 1 is 0.875 bits per heavy atom. The molecule has 0 bridgehead atoms. The molecule has 40 heavy (non-hydrogen) atoms. The maximum absolute atomic E-state index is 13.0. The van der Waals surface area contributed by atoms with Crippen molar-refractivity contribution in [2.75, 3.05) is 45.2 Å². The van der Waals surface area contributed by atoms with Crippen molar-refractivity contribution in [3.8, 4) is 22.3 Å². The zero-order chi connectivity index (χ0) is 27.8. The van der Waals surface area contributed by atoms with Crippen LogP contribution in [0.5, 0.6) is 0 Å². The van der Waals surface area contributed by atoms with Crippen LogP contribution < -0.4 is 4.90 Å². The van der Waals surface area contributed by atoms with Gasteiger partial charge in [0.05, 0.1) is 23.5 Å². The molecule has 0 aliphatic carbocycles. The van der Waals surface area contributed by atoms with Crippen molar-refractivity contribution >= 4 is 17.2 Å². The van der Waals surface area contributed by atoms with Gasteiger partial charge in [-0.05, 0) is 36.8 Å². The summed E-state index contributed by atoms with van der Waals surface area (Å²) in [4.78, 5) is 28.7. The van der Waals surface area contributed by atoms with E-state index in [9.17, 15) is 4.79 Å². The first-order valence-electron chi connectivity index (χ1n) is 13.4. The predicted molar refractivity (Wildman–Crippen MR) is 155 cm³/mol. The molecule has 0 unspecified atom stereocenters. The van der Waals surface area contributed by atoms with Crippen molar-refractivity contribution in [2.24, 2.45) is 7.05 Å². The number of anilines is 1. The van der Waals surface area contributed by atoms with Gasteiger partial charge in [0.25, 0.3) is 5.91 Å². The van der Waals surface area contributed by atoms with Gasteiger partial charge in [-0.25, -0.2) is 9.50 Å². The number of nitrogens with zero attached hydrogens (tertiary/aromatic N) is 9. The van der Waals surface area contributed by atoms with E-state index in [1.165, 1.54) is 5.56 Å². The van der Waals surface area contributed by atoms with Crippen molar-refractivity contribution < 1.29 is 4.79 Å². The fraction of sp³-hybridized carbons (Fsp3) is 0.300. The lowest BCUT2D eigenvalue weighted by atomic mass is 10.0. The molecule has 0 N–H and O–H groups in total. The van der Waals surface area contributed by atoms with Crippen LogP contribution in [0.3, 0.4) is 0 Å². The predicted octanol–water partition coefficient (Wildman–Crippen LogP) is 3.52. The second-order valence-corrected chi connectivity index (χ2v) is 10.6. The normalized spacial score (nSPS) is 14.2. The number of fused-ring (bicyclic) bond motifs is 1. The van der Waals surface area contributed by atoms with Crippen LogP contribution in [0.2, 0.25) is 0 Å². The van der Waals surface area contributed by atoms with Crippen LogP contribution in [0.1, 0.15) is 21.6 Å². The molecule has 1 fully saturated rings. The van der Waals surface area contributed by atoms with Crippen molar-refractivity contribution in [1.82, 2.24) is 39.2 Å². The molecule has 0 atom stereocenters. The number of carbonyl (C=O) groups is 1. The van der Waals surface area contributed by atoms with Gasteiger partial charge in [-0.3, -0.25) is 19.4 Å². The summed E-state index contributed by atoms with van der Waals surface area (Å²) in [7, 11) is 5.40. The highest BCUT2D eigenvalue weighted by Gasteiger charge is 2.22. The van der Waals surface area contributed by atoms with Gasteiger partial charge in [0.15, 0.2) is 0 Å². The largest absolute Gasteiger partial charge is 0.354 e. The van der Waals surface area contributed by atoms with Gasteiger partial charge < -0.3 is 9.80 Å². The molecule has 1 aliphatic heterocycles. The molecule has 1 amide bonds. The molecule has 0 radical (unpaired) electrons. The van der Waals surface area contributed by atoms with Gasteiger partial charge in [-0.1, -0.05) is 6.07 Å². The third-order valence-electron chi connectivity index (χ3n) is 7.42. The number of hydrogen-bond acceptors (Lipinski definition) is 7. The second-order valence-electron chi connectivity index (χ2n) is 10.6. The quantitative estimate of drug-likeness (QED) is 0.329. The number of carbonyl (C=O) groups excluding carboxylic acids is 1. The molecular weight excluding hydrogens is 502 g/mol. The third kappa shape index (κ3) is 5.05. The first-order chi connectivity index (χ1) is 19.4. The molecule has 6 rings (SSSR count). The summed E-state index contributed by atoms with van der Waals surface area (Å²) in [6.07, 6.45) is 11.3. The molecule has 5 aromatic rings. The molecule has 6 heterocycles. The zero-order valence-electron chi connectivity index (χ0n) is 23.3. The van der Waals surface area contributed by atoms with Gasteiger partial charge in [-0.15, -0.1) is 0 Å². The van der Waals surface area contributed by atoms with Crippen LogP contribution in [0, 0.1) is 6.92 Å². The third-order valence-corrected chi connectivity index (χ3v) is 7.42. The fourth-order valence-electron chi connectivity index (χ4n) is 5.18. The lowest BCUT2D eigenvalue weighted by molar-refractivity contribution is 0.0829. The topological polar surface area (TPSA) is 87.7 Å². The Bertz CT molecular complexity index is 1640. The molecule has 10 heteroatoms. The second kappa shape index (κ2) is 10.5. The Kier molecular flexibility index (Phi) is 6.77. The van der Waals surface area contributed by atoms with Crippen LogP contribution in [-0.2, 0) is 13.6 Å². The molecule has 10 nitrogen and oxygen atoms in total. The van der Waals surface area contributed by atoms with Gasteiger partial charge >= 0.3 is 0 Å². The minimum atomic E-state index is -0.0887. The Balaban J connectivity index is 1.27. The number of aryl methyl sites for hydroxylation is 2. The van der Waals surface area contributed by atoms with Crippen molar-refractivity contribution in [1.29, 1.82) is 0 Å². The van der Waals surface area contributed by atoms with E-state index in [2.05, 4.69) is 55.3 Å². The summed E-state index contributed by atoms with van der Waals surface area (Å²) < 4.78 is 3.56. The highest BCUT2D eigenvalue weighted by atomic mass is 16.2. The number of pyridine rings is 3. The Morgan fingerprint density at radius 2 is 1.70 bits per heavy atom. The van der Waals surface area contributed by atoms with E-state index in [1.807, 2.05) is 45.0 Å². The first-order valence-corrected chi connectivity index (χ1v) is 13.4. The summed E-state index contributed by atoms with van der Waals surface area (Å²) in [5.74, 6) is 0.868. The summed E-state index contributed by atoms with van der Waals surface area (Å²) in [5, 5.41) is 8.87. The molecule has 0 spiro atoms. The number of rotatable bonds is 6. The Morgan fingerprint density at radius 3 is 2.35 bits per heavy atom. The van der Waals surface area contributed by atoms with Crippen molar-refractivity contribution in [3.05, 3.63) is 84.3 Å². The van der Waals surface area contributed by atoms with Gasteiger partial charge in [-0.2, -0.15) is 10.2 Å².